The SMILES string of the molecule is C[Si](C)(C)c1cccc(C=CCCS)c1. The zero-order valence-corrected chi connectivity index (χ0v) is 11.7. The highest BCUT2D eigenvalue weighted by Crippen LogP contribution is 2.07. The third-order valence-corrected chi connectivity index (χ3v) is 4.66. The van der Waals surface area contributed by atoms with E-state index < -0.39 is 8.07 Å². The first-order chi connectivity index (χ1) is 7.04. The van der Waals surface area contributed by atoms with Crippen molar-refractivity contribution in [3.63, 3.8) is 0 Å². The van der Waals surface area contributed by atoms with Crippen LogP contribution in [0.5, 0.6) is 0 Å². The average molecular weight is 236 g/mol. The van der Waals surface area contributed by atoms with Crippen LogP contribution in [0, 0.1) is 0 Å². The normalized spacial score (nSPS) is 12.3. The van der Waals surface area contributed by atoms with Gasteiger partial charge in [0.25, 0.3) is 0 Å². The first kappa shape index (κ1) is 12.6. The van der Waals surface area contributed by atoms with E-state index in [0.717, 1.165) is 12.2 Å². The van der Waals surface area contributed by atoms with Gasteiger partial charge in [-0.2, -0.15) is 12.6 Å². The van der Waals surface area contributed by atoms with E-state index in [1.54, 1.807) is 0 Å². The molecule has 0 saturated carbocycles. The van der Waals surface area contributed by atoms with Gasteiger partial charge in [0.15, 0.2) is 0 Å². The molecule has 0 nitrogen and oxygen atoms in total. The second-order valence-corrected chi connectivity index (χ2v) is 10.3. The Morgan fingerprint density at radius 2 is 2.00 bits per heavy atom. The van der Waals surface area contributed by atoms with E-state index in [1.807, 2.05) is 0 Å². The maximum absolute atomic E-state index is 4.19. The van der Waals surface area contributed by atoms with Gasteiger partial charge in [-0.25, -0.2) is 0 Å². The Bertz CT molecular complexity index is 337. The Labute approximate surface area is 99.8 Å². The molecule has 1 rings (SSSR count). The molecule has 0 aliphatic heterocycles. The van der Waals surface area contributed by atoms with Gasteiger partial charge in [-0.1, -0.05) is 61.2 Å². The monoisotopic (exact) mass is 236 g/mol. The van der Waals surface area contributed by atoms with Crippen molar-refractivity contribution in [2.24, 2.45) is 0 Å². The summed E-state index contributed by atoms with van der Waals surface area (Å²) < 4.78 is 0. The molecule has 15 heavy (non-hydrogen) atoms. The molecule has 0 aromatic heterocycles. The molecule has 0 bridgehead atoms. The zero-order valence-electron chi connectivity index (χ0n) is 9.83. The minimum absolute atomic E-state index is 0.921. The standard InChI is InChI=1S/C13H20SSi/c1-15(2,3)13-9-6-8-12(11-13)7-4-5-10-14/h4,6-9,11,14H,5,10H2,1-3H3. The minimum Gasteiger partial charge on any atom is -0.179 e. The van der Waals surface area contributed by atoms with Gasteiger partial charge in [-0.3, -0.25) is 0 Å². The van der Waals surface area contributed by atoms with Gasteiger partial charge in [0, 0.05) is 0 Å². The van der Waals surface area contributed by atoms with Crippen LogP contribution < -0.4 is 5.19 Å². The third kappa shape index (κ3) is 4.27. The van der Waals surface area contributed by atoms with E-state index in [9.17, 15) is 0 Å². The van der Waals surface area contributed by atoms with Crippen molar-refractivity contribution in [1.82, 2.24) is 0 Å². The van der Waals surface area contributed by atoms with Crippen molar-refractivity contribution >= 4 is 32.0 Å². The van der Waals surface area contributed by atoms with E-state index in [2.05, 4.69) is 68.7 Å². The van der Waals surface area contributed by atoms with Crippen LogP contribution in [0.1, 0.15) is 12.0 Å². The lowest BCUT2D eigenvalue weighted by atomic mass is 10.2. The zero-order chi connectivity index (χ0) is 11.3. The highest BCUT2D eigenvalue weighted by atomic mass is 32.1. The number of hydrogen-bond acceptors (Lipinski definition) is 1. The van der Waals surface area contributed by atoms with Gasteiger partial charge in [-0.15, -0.1) is 0 Å². The van der Waals surface area contributed by atoms with Crippen molar-refractivity contribution in [3.8, 4) is 0 Å². The van der Waals surface area contributed by atoms with Crippen LogP contribution in [0.25, 0.3) is 6.08 Å². The summed E-state index contributed by atoms with van der Waals surface area (Å²) in [6.45, 7) is 7.14. The lowest BCUT2D eigenvalue weighted by Crippen LogP contribution is -2.37. The molecule has 0 amide bonds. The molecule has 82 valence electrons. The van der Waals surface area contributed by atoms with E-state index in [4.69, 9.17) is 0 Å². The first-order valence-electron chi connectivity index (χ1n) is 5.42. The van der Waals surface area contributed by atoms with Crippen molar-refractivity contribution in [1.29, 1.82) is 0 Å². The molecule has 0 radical (unpaired) electrons. The molecular formula is C13H20SSi. The Kier molecular flexibility index (Phi) is 4.67. The van der Waals surface area contributed by atoms with E-state index in [-0.39, 0.29) is 0 Å². The predicted molar refractivity (Wildman–Crippen MR) is 76.9 cm³/mol. The second-order valence-electron chi connectivity index (χ2n) is 4.79. The Hall–Kier alpha value is -0.473. The Balaban J connectivity index is 2.84. The molecule has 2 heteroatoms. The maximum atomic E-state index is 4.19. The largest absolute Gasteiger partial charge is 0.179 e. The van der Waals surface area contributed by atoms with Gasteiger partial charge >= 0.3 is 0 Å². The Morgan fingerprint density at radius 3 is 2.60 bits per heavy atom. The topological polar surface area (TPSA) is 0 Å². The molecule has 0 N–H and O–H groups in total. The van der Waals surface area contributed by atoms with Gasteiger partial charge in [0.2, 0.25) is 0 Å². The van der Waals surface area contributed by atoms with E-state index in [0.29, 0.717) is 0 Å². The third-order valence-electron chi connectivity index (χ3n) is 2.36. The van der Waals surface area contributed by atoms with Crippen LogP contribution in [-0.2, 0) is 0 Å². The number of benzene rings is 1. The predicted octanol–water partition coefficient (Wildman–Crippen LogP) is 3.56. The number of allylic oxidation sites excluding steroid dienone is 1. The second kappa shape index (κ2) is 5.57. The van der Waals surface area contributed by atoms with Crippen molar-refractivity contribution in [2.45, 2.75) is 26.1 Å². The van der Waals surface area contributed by atoms with Gasteiger partial charge < -0.3 is 0 Å². The molecule has 0 aliphatic carbocycles. The molecule has 0 unspecified atom stereocenters. The molecule has 0 spiro atoms. The van der Waals surface area contributed by atoms with Crippen molar-refractivity contribution in [2.75, 3.05) is 5.75 Å². The average Bonchev–Trinajstić information content (AvgIpc) is 2.17. The van der Waals surface area contributed by atoms with E-state index in [1.165, 1.54) is 10.8 Å². The van der Waals surface area contributed by atoms with Crippen molar-refractivity contribution in [3.05, 3.63) is 35.9 Å². The summed E-state index contributed by atoms with van der Waals surface area (Å²) in [7, 11) is -1.16. The fraction of sp³-hybridized carbons (Fsp3) is 0.385. The van der Waals surface area contributed by atoms with Crippen LogP contribution in [-0.4, -0.2) is 13.8 Å². The molecule has 1 aromatic carbocycles. The number of rotatable bonds is 4. The van der Waals surface area contributed by atoms with Crippen LogP contribution >= 0.6 is 12.6 Å². The smallest absolute Gasteiger partial charge is 0.0776 e. The summed E-state index contributed by atoms with van der Waals surface area (Å²) in [5, 5.41) is 1.52. The summed E-state index contributed by atoms with van der Waals surface area (Å²) in [4.78, 5) is 0. The fourth-order valence-corrected chi connectivity index (χ4v) is 2.75. The molecule has 0 aliphatic rings. The van der Waals surface area contributed by atoms with Crippen LogP contribution in [0.15, 0.2) is 30.3 Å². The van der Waals surface area contributed by atoms with Crippen LogP contribution in [0.3, 0.4) is 0 Å². The lowest BCUT2D eigenvalue weighted by molar-refractivity contribution is 1.26. The lowest BCUT2D eigenvalue weighted by Gasteiger charge is -2.16. The van der Waals surface area contributed by atoms with Gasteiger partial charge in [-0.05, 0) is 17.7 Å². The Morgan fingerprint density at radius 1 is 1.27 bits per heavy atom. The molecule has 0 saturated heterocycles. The fourth-order valence-electron chi connectivity index (χ4n) is 1.40. The highest BCUT2D eigenvalue weighted by Gasteiger charge is 2.15. The first-order valence-corrected chi connectivity index (χ1v) is 9.55. The number of thiol groups is 1. The summed E-state index contributed by atoms with van der Waals surface area (Å²) in [5.41, 5.74) is 1.32. The summed E-state index contributed by atoms with van der Waals surface area (Å²) in [5.74, 6) is 0.921. The maximum Gasteiger partial charge on any atom is 0.0776 e. The van der Waals surface area contributed by atoms with Crippen LogP contribution in [0.2, 0.25) is 19.6 Å². The van der Waals surface area contributed by atoms with Gasteiger partial charge in [0.1, 0.15) is 0 Å². The summed E-state index contributed by atoms with van der Waals surface area (Å²) in [6, 6.07) is 8.90. The summed E-state index contributed by atoms with van der Waals surface area (Å²) >= 11 is 4.19. The van der Waals surface area contributed by atoms with Crippen molar-refractivity contribution < 1.29 is 0 Å². The summed E-state index contributed by atoms with van der Waals surface area (Å²) in [6.07, 6.45) is 5.43. The van der Waals surface area contributed by atoms with Gasteiger partial charge in [0.05, 0.1) is 8.07 Å². The van der Waals surface area contributed by atoms with Crippen LogP contribution in [0.4, 0.5) is 0 Å². The molecule has 0 atom stereocenters. The quantitative estimate of drug-likeness (QED) is 0.600. The molecule has 0 fully saturated rings. The molecule has 1 aromatic rings. The molecule has 0 heterocycles. The minimum atomic E-state index is -1.16. The highest BCUT2D eigenvalue weighted by molar-refractivity contribution is 7.80. The molecular weight excluding hydrogens is 216 g/mol. The van der Waals surface area contributed by atoms with E-state index >= 15 is 0 Å². The number of hydrogen-bond donors (Lipinski definition) is 1.